The van der Waals surface area contributed by atoms with Gasteiger partial charge in [0.1, 0.15) is 0 Å². The van der Waals surface area contributed by atoms with Gasteiger partial charge in [-0.25, -0.2) is 0 Å². The first-order valence-electron chi connectivity index (χ1n) is 7.93. The molecule has 25 heavy (non-hydrogen) atoms. The normalized spacial score (nSPS) is 11.7. The molecule has 2 aromatic carbocycles. The number of para-hydroxylation sites is 1. The Morgan fingerprint density at radius 1 is 1.00 bits per heavy atom. The summed E-state index contributed by atoms with van der Waals surface area (Å²) in [6.45, 7) is -0.0623. The molecule has 0 aliphatic carbocycles. The zero-order chi connectivity index (χ0) is 17.9. The fourth-order valence-corrected chi connectivity index (χ4v) is 2.08. The maximum absolute atomic E-state index is 12.2. The summed E-state index contributed by atoms with van der Waals surface area (Å²) < 4.78 is 0. The Labute approximate surface area is 146 Å². The number of aliphatic hydroxyl groups is 1. The first-order chi connectivity index (χ1) is 12.2. The summed E-state index contributed by atoms with van der Waals surface area (Å²) >= 11 is 0. The van der Waals surface area contributed by atoms with Gasteiger partial charge in [0.15, 0.2) is 6.17 Å². The van der Waals surface area contributed by atoms with Crippen molar-refractivity contribution in [2.45, 2.75) is 6.17 Å². The van der Waals surface area contributed by atoms with E-state index < -0.39 is 18.0 Å². The Balaban J connectivity index is 2.02. The Bertz CT molecular complexity index is 702. The first-order valence-corrected chi connectivity index (χ1v) is 7.93. The zero-order valence-electron chi connectivity index (χ0n) is 13.7. The van der Waals surface area contributed by atoms with Crippen molar-refractivity contribution in [2.75, 3.05) is 18.5 Å². The number of carbonyl (C=O) groups is 2. The molecule has 0 fully saturated rings. The van der Waals surface area contributed by atoms with E-state index in [4.69, 9.17) is 5.11 Å². The maximum atomic E-state index is 12.2. The molecule has 0 aliphatic heterocycles. The van der Waals surface area contributed by atoms with E-state index in [-0.39, 0.29) is 13.2 Å². The van der Waals surface area contributed by atoms with E-state index in [1.165, 1.54) is 6.08 Å². The first kappa shape index (κ1) is 18.2. The number of hydrogen-bond acceptors (Lipinski definition) is 4. The molecule has 1 atom stereocenters. The van der Waals surface area contributed by atoms with Crippen LogP contribution in [0.3, 0.4) is 0 Å². The third-order valence-corrected chi connectivity index (χ3v) is 3.27. The zero-order valence-corrected chi connectivity index (χ0v) is 13.7. The second-order valence-corrected chi connectivity index (χ2v) is 5.21. The largest absolute Gasteiger partial charge is 0.395 e. The van der Waals surface area contributed by atoms with Gasteiger partial charge in [0.05, 0.1) is 6.61 Å². The lowest BCUT2D eigenvalue weighted by molar-refractivity contribution is -0.126. The predicted molar refractivity (Wildman–Crippen MR) is 97.6 cm³/mol. The second kappa shape index (κ2) is 9.89. The van der Waals surface area contributed by atoms with Gasteiger partial charge in [0.25, 0.3) is 5.91 Å². The molecule has 2 rings (SSSR count). The van der Waals surface area contributed by atoms with Crippen LogP contribution >= 0.6 is 0 Å². The minimum Gasteiger partial charge on any atom is -0.395 e. The molecule has 6 nitrogen and oxygen atoms in total. The van der Waals surface area contributed by atoms with E-state index in [0.717, 1.165) is 5.56 Å². The van der Waals surface area contributed by atoms with Gasteiger partial charge >= 0.3 is 0 Å². The Hall–Kier alpha value is -3.12. The van der Waals surface area contributed by atoms with E-state index in [9.17, 15) is 9.59 Å². The lowest BCUT2D eigenvalue weighted by atomic mass is 10.2. The fourth-order valence-electron chi connectivity index (χ4n) is 2.08. The Morgan fingerprint density at radius 2 is 1.64 bits per heavy atom. The van der Waals surface area contributed by atoms with Crippen molar-refractivity contribution in [3.63, 3.8) is 0 Å². The van der Waals surface area contributed by atoms with Gasteiger partial charge in [-0.15, -0.1) is 0 Å². The van der Waals surface area contributed by atoms with Crippen molar-refractivity contribution in [2.24, 2.45) is 0 Å². The van der Waals surface area contributed by atoms with Crippen molar-refractivity contribution in [3.05, 3.63) is 72.3 Å². The molecule has 0 bridgehead atoms. The van der Waals surface area contributed by atoms with Gasteiger partial charge in [0.2, 0.25) is 5.91 Å². The van der Waals surface area contributed by atoms with Crippen LogP contribution < -0.4 is 16.0 Å². The lowest BCUT2D eigenvalue weighted by Gasteiger charge is -2.20. The summed E-state index contributed by atoms with van der Waals surface area (Å²) in [4.78, 5) is 24.3. The number of carbonyl (C=O) groups excluding carboxylic acids is 2. The lowest BCUT2D eigenvalue weighted by Crippen LogP contribution is -2.51. The number of aliphatic hydroxyl groups excluding tert-OH is 1. The summed E-state index contributed by atoms with van der Waals surface area (Å²) in [5.74, 6) is -0.837. The molecule has 0 heterocycles. The minimum atomic E-state index is -0.957. The molecule has 2 amide bonds. The summed E-state index contributed by atoms with van der Waals surface area (Å²) in [5.41, 5.74) is 1.58. The van der Waals surface area contributed by atoms with Gasteiger partial charge in [-0.05, 0) is 23.8 Å². The minimum absolute atomic E-state index is 0.113. The summed E-state index contributed by atoms with van der Waals surface area (Å²) in [6.07, 6.45) is 2.08. The molecule has 0 radical (unpaired) electrons. The fraction of sp³-hybridized carbons (Fsp3) is 0.158. The SMILES string of the molecule is O=C(C=Cc1ccccc1)NC(Nc1ccccc1)C(=O)NCCO. The highest BCUT2D eigenvalue weighted by Crippen LogP contribution is 2.06. The summed E-state index contributed by atoms with van der Waals surface area (Å²) in [7, 11) is 0. The van der Waals surface area contributed by atoms with Gasteiger partial charge in [-0.2, -0.15) is 0 Å². The van der Waals surface area contributed by atoms with Crippen LogP contribution in [-0.2, 0) is 9.59 Å². The van der Waals surface area contributed by atoms with E-state index in [2.05, 4.69) is 16.0 Å². The van der Waals surface area contributed by atoms with Crippen LogP contribution in [0.2, 0.25) is 0 Å². The van der Waals surface area contributed by atoms with Gasteiger partial charge in [0, 0.05) is 18.3 Å². The number of hydrogen-bond donors (Lipinski definition) is 4. The average molecular weight is 339 g/mol. The summed E-state index contributed by atoms with van der Waals surface area (Å²) in [5, 5.41) is 17.0. The van der Waals surface area contributed by atoms with Crippen LogP contribution in [-0.4, -0.2) is 36.2 Å². The number of benzene rings is 2. The molecule has 0 saturated heterocycles. The molecular formula is C19H21N3O3. The molecule has 0 saturated carbocycles. The highest BCUT2D eigenvalue weighted by atomic mass is 16.3. The van der Waals surface area contributed by atoms with Crippen LogP contribution in [0, 0.1) is 0 Å². The number of rotatable bonds is 8. The molecule has 6 heteroatoms. The van der Waals surface area contributed by atoms with Gasteiger partial charge in [-0.1, -0.05) is 48.5 Å². The van der Waals surface area contributed by atoms with Crippen LogP contribution in [0.1, 0.15) is 5.56 Å². The van der Waals surface area contributed by atoms with Crippen molar-refractivity contribution in [3.8, 4) is 0 Å². The van der Waals surface area contributed by atoms with Crippen LogP contribution in [0.25, 0.3) is 6.08 Å². The molecule has 130 valence electrons. The number of amides is 2. The standard InChI is InChI=1S/C19H21N3O3/c23-14-13-20-19(25)18(21-16-9-5-2-6-10-16)22-17(24)12-11-15-7-3-1-4-8-15/h1-12,18,21,23H,13-14H2,(H,20,25)(H,22,24). The molecule has 4 N–H and O–H groups in total. The number of anilines is 1. The van der Waals surface area contributed by atoms with Gasteiger partial charge in [-0.3, -0.25) is 9.59 Å². The van der Waals surface area contributed by atoms with Crippen molar-refractivity contribution >= 4 is 23.6 Å². The smallest absolute Gasteiger partial charge is 0.263 e. The topological polar surface area (TPSA) is 90.5 Å². The monoisotopic (exact) mass is 339 g/mol. The van der Waals surface area contributed by atoms with E-state index in [0.29, 0.717) is 5.69 Å². The van der Waals surface area contributed by atoms with Crippen LogP contribution in [0.5, 0.6) is 0 Å². The summed E-state index contributed by atoms with van der Waals surface area (Å²) in [6, 6.07) is 18.5. The predicted octanol–water partition coefficient (Wildman–Crippen LogP) is 1.36. The van der Waals surface area contributed by atoms with E-state index in [1.54, 1.807) is 18.2 Å². The Morgan fingerprint density at radius 3 is 2.28 bits per heavy atom. The number of nitrogens with one attached hydrogen (secondary N) is 3. The average Bonchev–Trinajstić information content (AvgIpc) is 2.65. The van der Waals surface area contributed by atoms with Crippen molar-refractivity contribution < 1.29 is 14.7 Å². The highest BCUT2D eigenvalue weighted by Gasteiger charge is 2.19. The van der Waals surface area contributed by atoms with E-state index in [1.807, 2.05) is 48.5 Å². The van der Waals surface area contributed by atoms with Crippen molar-refractivity contribution in [1.29, 1.82) is 0 Å². The molecule has 0 aliphatic rings. The third-order valence-electron chi connectivity index (χ3n) is 3.27. The molecule has 2 aromatic rings. The third kappa shape index (κ3) is 6.48. The molecule has 0 spiro atoms. The van der Waals surface area contributed by atoms with Gasteiger partial charge < -0.3 is 21.1 Å². The van der Waals surface area contributed by atoms with E-state index >= 15 is 0 Å². The molecular weight excluding hydrogens is 318 g/mol. The molecule has 1 unspecified atom stereocenters. The second-order valence-electron chi connectivity index (χ2n) is 5.21. The molecule has 0 aromatic heterocycles. The van der Waals surface area contributed by atoms with Crippen molar-refractivity contribution in [1.82, 2.24) is 10.6 Å². The van der Waals surface area contributed by atoms with Crippen LogP contribution in [0.15, 0.2) is 66.7 Å². The Kier molecular flexibility index (Phi) is 7.21. The quantitative estimate of drug-likeness (QED) is 0.432. The maximum Gasteiger partial charge on any atom is 0.263 e. The van der Waals surface area contributed by atoms with Crippen LogP contribution in [0.4, 0.5) is 5.69 Å². The highest BCUT2D eigenvalue weighted by molar-refractivity contribution is 5.96.